The Hall–Kier alpha value is -1.28. The van der Waals surface area contributed by atoms with E-state index < -0.39 is 9.84 Å². The largest absolute Gasteiger partial charge is 0.396 e. The Balaban J connectivity index is 2.31. The topological polar surface area (TPSA) is 101 Å². The highest BCUT2D eigenvalue weighted by molar-refractivity contribution is 7.91. The minimum atomic E-state index is -3.49. The molecule has 1 aliphatic rings. The second-order valence-corrected chi connectivity index (χ2v) is 8.36. The van der Waals surface area contributed by atoms with Gasteiger partial charge in [0.25, 0.3) is 5.91 Å². The number of nitrogens with one attached hydrogen (secondary N) is 2. The van der Waals surface area contributed by atoms with Crippen LogP contribution in [-0.4, -0.2) is 34.2 Å². The van der Waals surface area contributed by atoms with Crippen LogP contribution in [0, 0.1) is 5.92 Å². The molecule has 118 valence electrons. The second kappa shape index (κ2) is 6.23. The van der Waals surface area contributed by atoms with Crippen molar-refractivity contribution < 1.29 is 13.2 Å². The van der Waals surface area contributed by atoms with E-state index in [0.717, 1.165) is 37.0 Å². The molecule has 1 aromatic rings. The first-order valence-corrected chi connectivity index (χ1v) is 9.63. The molecule has 1 heterocycles. The average molecular weight is 331 g/mol. The lowest BCUT2D eigenvalue weighted by Crippen LogP contribution is -2.18. The van der Waals surface area contributed by atoms with E-state index in [1.807, 2.05) is 0 Å². The molecular weight excluding hydrogens is 310 g/mol. The summed E-state index contributed by atoms with van der Waals surface area (Å²) in [5, 5.41) is 6.13. The third kappa shape index (κ3) is 3.49. The Labute approximate surface area is 129 Å². The summed E-state index contributed by atoms with van der Waals surface area (Å²) in [6, 6.07) is 0. The molecule has 4 N–H and O–H groups in total. The lowest BCUT2D eigenvalue weighted by Gasteiger charge is -2.11. The van der Waals surface area contributed by atoms with Gasteiger partial charge in [0.1, 0.15) is 14.8 Å². The highest BCUT2D eigenvalue weighted by atomic mass is 32.2. The van der Waals surface area contributed by atoms with Gasteiger partial charge in [0.2, 0.25) is 0 Å². The molecule has 0 unspecified atom stereocenters. The molecule has 0 bridgehead atoms. The Bertz CT molecular complexity index is 631. The number of sulfone groups is 1. The number of rotatable bonds is 5. The van der Waals surface area contributed by atoms with Gasteiger partial charge in [-0.1, -0.05) is 12.8 Å². The van der Waals surface area contributed by atoms with Crippen LogP contribution < -0.4 is 16.4 Å². The number of nitrogens with two attached hydrogens (primary N) is 1. The molecule has 0 radical (unpaired) electrons. The highest BCUT2D eigenvalue weighted by Crippen LogP contribution is 2.39. The minimum absolute atomic E-state index is 0.0378. The SMILES string of the molecule is CNC(=O)c1sc(NCC2CCCC2)c(S(C)(=O)=O)c1N. The van der Waals surface area contributed by atoms with Crippen LogP contribution in [0.15, 0.2) is 4.90 Å². The van der Waals surface area contributed by atoms with Gasteiger partial charge >= 0.3 is 0 Å². The third-order valence-corrected chi connectivity index (χ3v) is 6.19. The van der Waals surface area contributed by atoms with Crippen molar-refractivity contribution in [3.63, 3.8) is 0 Å². The number of carbonyl (C=O) groups excluding carboxylic acids is 1. The molecule has 1 fully saturated rings. The first-order valence-electron chi connectivity index (χ1n) is 6.93. The van der Waals surface area contributed by atoms with E-state index in [4.69, 9.17) is 5.73 Å². The van der Waals surface area contributed by atoms with E-state index in [1.165, 1.54) is 19.9 Å². The fraction of sp³-hybridized carbons (Fsp3) is 0.615. The van der Waals surface area contributed by atoms with Gasteiger partial charge < -0.3 is 16.4 Å². The van der Waals surface area contributed by atoms with Gasteiger partial charge in [-0.2, -0.15) is 0 Å². The van der Waals surface area contributed by atoms with Gasteiger partial charge in [0.05, 0.1) is 5.69 Å². The standard InChI is InChI=1S/C13H21N3O3S2/c1-15-12(17)10-9(14)11(21(2,18)19)13(20-10)16-7-8-5-3-4-6-8/h8,16H,3-7,14H2,1-2H3,(H,15,17). The quantitative estimate of drug-likeness (QED) is 0.762. The smallest absolute Gasteiger partial charge is 0.263 e. The lowest BCUT2D eigenvalue weighted by atomic mass is 10.1. The summed E-state index contributed by atoms with van der Waals surface area (Å²) in [5.41, 5.74) is 5.92. The van der Waals surface area contributed by atoms with Gasteiger partial charge in [-0.25, -0.2) is 8.42 Å². The van der Waals surface area contributed by atoms with Crippen LogP contribution in [0.4, 0.5) is 10.7 Å². The highest BCUT2D eigenvalue weighted by Gasteiger charge is 2.27. The van der Waals surface area contributed by atoms with Crippen molar-refractivity contribution in [1.29, 1.82) is 0 Å². The Morgan fingerprint density at radius 1 is 1.38 bits per heavy atom. The molecule has 1 aliphatic carbocycles. The summed E-state index contributed by atoms with van der Waals surface area (Å²) in [4.78, 5) is 12.1. The van der Waals surface area contributed by atoms with Gasteiger partial charge in [0.15, 0.2) is 9.84 Å². The Morgan fingerprint density at radius 2 is 2.00 bits per heavy atom. The maximum atomic E-state index is 11.9. The molecule has 0 atom stereocenters. The normalized spacial score (nSPS) is 16.1. The van der Waals surface area contributed by atoms with Crippen molar-refractivity contribution >= 4 is 37.8 Å². The lowest BCUT2D eigenvalue weighted by molar-refractivity contribution is 0.0968. The van der Waals surface area contributed by atoms with Crippen molar-refractivity contribution in [3.8, 4) is 0 Å². The molecule has 8 heteroatoms. The zero-order chi connectivity index (χ0) is 15.6. The van der Waals surface area contributed by atoms with Crippen molar-refractivity contribution in [2.75, 3.05) is 30.9 Å². The molecule has 0 spiro atoms. The van der Waals surface area contributed by atoms with Gasteiger partial charge in [0, 0.05) is 19.8 Å². The molecule has 6 nitrogen and oxygen atoms in total. The minimum Gasteiger partial charge on any atom is -0.396 e. The van der Waals surface area contributed by atoms with Crippen LogP contribution in [0.3, 0.4) is 0 Å². The second-order valence-electron chi connectivity index (χ2n) is 5.39. The molecule has 1 saturated carbocycles. The number of nitrogen functional groups attached to an aromatic ring is 1. The molecule has 0 aromatic carbocycles. The third-order valence-electron chi connectivity index (χ3n) is 3.73. The van der Waals surface area contributed by atoms with Crippen LogP contribution >= 0.6 is 11.3 Å². The molecule has 1 aromatic heterocycles. The molecule has 21 heavy (non-hydrogen) atoms. The van der Waals surface area contributed by atoms with Crippen LogP contribution in [-0.2, 0) is 9.84 Å². The van der Waals surface area contributed by atoms with Gasteiger partial charge in [-0.3, -0.25) is 4.79 Å². The van der Waals surface area contributed by atoms with Crippen LogP contribution in [0.2, 0.25) is 0 Å². The number of hydrogen-bond donors (Lipinski definition) is 3. The average Bonchev–Trinajstić information content (AvgIpc) is 3.02. The number of amides is 1. The molecule has 0 saturated heterocycles. The number of carbonyl (C=O) groups is 1. The van der Waals surface area contributed by atoms with Crippen LogP contribution in [0.1, 0.15) is 35.4 Å². The van der Waals surface area contributed by atoms with Gasteiger partial charge in [-0.15, -0.1) is 11.3 Å². The molecule has 2 rings (SSSR count). The van der Waals surface area contributed by atoms with E-state index in [1.54, 1.807) is 0 Å². The van der Waals surface area contributed by atoms with Gasteiger partial charge in [-0.05, 0) is 18.8 Å². The van der Waals surface area contributed by atoms with E-state index in [-0.39, 0.29) is 21.4 Å². The fourth-order valence-electron chi connectivity index (χ4n) is 2.65. The maximum absolute atomic E-state index is 11.9. The fourth-order valence-corrected chi connectivity index (χ4v) is 5.17. The Morgan fingerprint density at radius 3 is 2.52 bits per heavy atom. The molecule has 0 aliphatic heterocycles. The summed E-state index contributed by atoms with van der Waals surface area (Å²) in [6.45, 7) is 0.718. The summed E-state index contributed by atoms with van der Waals surface area (Å²) >= 11 is 1.10. The van der Waals surface area contributed by atoms with E-state index in [2.05, 4.69) is 10.6 Å². The Kier molecular flexibility index (Phi) is 4.77. The zero-order valence-corrected chi connectivity index (χ0v) is 13.9. The van der Waals surface area contributed by atoms with E-state index in [9.17, 15) is 13.2 Å². The van der Waals surface area contributed by atoms with Crippen molar-refractivity contribution in [1.82, 2.24) is 5.32 Å². The van der Waals surface area contributed by atoms with Crippen molar-refractivity contribution in [3.05, 3.63) is 4.88 Å². The number of hydrogen-bond acceptors (Lipinski definition) is 6. The summed E-state index contributed by atoms with van der Waals surface area (Å²) in [7, 11) is -1.99. The van der Waals surface area contributed by atoms with Crippen LogP contribution in [0.5, 0.6) is 0 Å². The van der Waals surface area contributed by atoms with Crippen molar-refractivity contribution in [2.24, 2.45) is 5.92 Å². The zero-order valence-electron chi connectivity index (χ0n) is 12.2. The molecular formula is C13H21N3O3S2. The van der Waals surface area contributed by atoms with Crippen molar-refractivity contribution in [2.45, 2.75) is 30.6 Å². The van der Waals surface area contributed by atoms with Crippen LogP contribution in [0.25, 0.3) is 0 Å². The number of thiophene rings is 1. The van der Waals surface area contributed by atoms with E-state index in [0.29, 0.717) is 10.9 Å². The first kappa shape index (κ1) is 16.1. The predicted molar refractivity (Wildman–Crippen MR) is 85.7 cm³/mol. The van der Waals surface area contributed by atoms with E-state index >= 15 is 0 Å². The molecule has 1 amide bonds. The predicted octanol–water partition coefficient (Wildman–Crippen LogP) is 1.70. The monoisotopic (exact) mass is 331 g/mol. The maximum Gasteiger partial charge on any atom is 0.263 e. The summed E-state index contributed by atoms with van der Waals surface area (Å²) in [5.74, 6) is 0.195. The summed E-state index contributed by atoms with van der Waals surface area (Å²) in [6.07, 6.45) is 5.87. The first-order chi connectivity index (χ1) is 9.84. The summed E-state index contributed by atoms with van der Waals surface area (Å²) < 4.78 is 23.9. The number of anilines is 2.